The Morgan fingerprint density at radius 2 is 1.30 bits per heavy atom. The van der Waals surface area contributed by atoms with Gasteiger partial charge in [-0.3, -0.25) is 4.57 Å². The van der Waals surface area contributed by atoms with Gasteiger partial charge in [0.2, 0.25) is 0 Å². The number of aromatic nitrogens is 2. The summed E-state index contributed by atoms with van der Waals surface area (Å²) in [7, 11) is 0. The van der Waals surface area contributed by atoms with Crippen LogP contribution in [0.2, 0.25) is 0 Å². The third-order valence-electron chi connectivity index (χ3n) is 4.33. The quantitative estimate of drug-likeness (QED) is 0.393. The Labute approximate surface area is 160 Å². The first-order valence-corrected chi connectivity index (χ1v) is 9.62. The lowest BCUT2D eigenvalue weighted by molar-refractivity contribution is 0.627. The molecule has 0 unspecified atom stereocenters. The second-order valence-electron chi connectivity index (χ2n) is 6.01. The van der Waals surface area contributed by atoms with Crippen LogP contribution in [-0.2, 0) is 0 Å². The second kappa shape index (κ2) is 7.37. The predicted octanol–water partition coefficient (Wildman–Crippen LogP) is 6.21. The zero-order valence-corrected chi connectivity index (χ0v) is 15.4. The largest absolute Gasteiger partial charge is 0.292 e. The molecule has 0 saturated heterocycles. The summed E-state index contributed by atoms with van der Waals surface area (Å²) in [6.07, 6.45) is 3.79. The Morgan fingerprint density at radius 1 is 0.741 bits per heavy atom. The molecular formula is C22H16F2N2S. The molecule has 1 heterocycles. The van der Waals surface area contributed by atoms with Crippen LogP contribution in [0.1, 0.15) is 0 Å². The lowest BCUT2D eigenvalue weighted by Crippen LogP contribution is -2.00. The van der Waals surface area contributed by atoms with Crippen LogP contribution in [0.5, 0.6) is 0 Å². The van der Waals surface area contributed by atoms with Gasteiger partial charge in [-0.25, -0.2) is 13.8 Å². The minimum absolute atomic E-state index is 0.284. The van der Waals surface area contributed by atoms with Gasteiger partial charge in [-0.05, 0) is 79.1 Å². The van der Waals surface area contributed by atoms with E-state index in [9.17, 15) is 8.78 Å². The first-order chi connectivity index (χ1) is 13.2. The van der Waals surface area contributed by atoms with Crippen molar-refractivity contribution >= 4 is 11.8 Å². The molecule has 0 spiro atoms. The molecule has 2 nitrogen and oxygen atoms in total. The second-order valence-corrected chi connectivity index (χ2v) is 6.89. The fraction of sp³-hybridized carbons (Fsp3) is 0.0455. The molecule has 0 saturated carbocycles. The third kappa shape index (κ3) is 3.51. The summed E-state index contributed by atoms with van der Waals surface area (Å²) in [5.74, 6) is 0.124. The Bertz CT molecular complexity index is 990. The van der Waals surface area contributed by atoms with Gasteiger partial charge in [0.15, 0.2) is 0 Å². The van der Waals surface area contributed by atoms with Crippen LogP contribution in [0.15, 0.2) is 83.9 Å². The Hall–Kier alpha value is -2.92. The van der Waals surface area contributed by atoms with Crippen LogP contribution in [0.25, 0.3) is 28.3 Å². The van der Waals surface area contributed by atoms with Gasteiger partial charge < -0.3 is 0 Å². The van der Waals surface area contributed by atoms with E-state index in [0.717, 1.165) is 27.4 Å². The summed E-state index contributed by atoms with van der Waals surface area (Å²) < 4.78 is 28.7. The maximum absolute atomic E-state index is 13.4. The number of halogens is 2. The van der Waals surface area contributed by atoms with Crippen LogP contribution in [-0.4, -0.2) is 15.8 Å². The monoisotopic (exact) mass is 378 g/mol. The van der Waals surface area contributed by atoms with Gasteiger partial charge in [-0.1, -0.05) is 0 Å². The van der Waals surface area contributed by atoms with E-state index in [4.69, 9.17) is 0 Å². The minimum Gasteiger partial charge on any atom is -0.292 e. The normalized spacial score (nSPS) is 10.9. The molecule has 4 rings (SSSR count). The molecule has 5 heteroatoms. The molecule has 0 fully saturated rings. The zero-order valence-electron chi connectivity index (χ0n) is 14.6. The van der Waals surface area contributed by atoms with Crippen LogP contribution in [0, 0.1) is 11.6 Å². The first kappa shape index (κ1) is 17.5. The van der Waals surface area contributed by atoms with Gasteiger partial charge in [0.1, 0.15) is 17.5 Å². The minimum atomic E-state index is -0.292. The molecule has 0 aliphatic rings. The molecule has 27 heavy (non-hydrogen) atoms. The molecule has 3 aromatic carbocycles. The van der Waals surface area contributed by atoms with E-state index in [0.29, 0.717) is 5.82 Å². The maximum Gasteiger partial charge on any atom is 0.144 e. The summed E-state index contributed by atoms with van der Waals surface area (Å²) in [6.45, 7) is 0. The van der Waals surface area contributed by atoms with Crippen molar-refractivity contribution in [2.75, 3.05) is 6.26 Å². The Kier molecular flexibility index (Phi) is 4.77. The maximum atomic E-state index is 13.4. The van der Waals surface area contributed by atoms with E-state index >= 15 is 0 Å². The highest BCUT2D eigenvalue weighted by Gasteiger charge is 2.15. The first-order valence-electron chi connectivity index (χ1n) is 8.40. The molecule has 0 bridgehead atoms. The number of nitrogens with zero attached hydrogens (tertiary/aromatic N) is 2. The molecule has 0 atom stereocenters. The number of rotatable bonds is 4. The number of hydrogen-bond acceptors (Lipinski definition) is 2. The molecule has 0 radical (unpaired) electrons. The summed E-state index contributed by atoms with van der Waals surface area (Å²) in [5, 5.41) is 0. The van der Waals surface area contributed by atoms with E-state index in [-0.39, 0.29) is 11.6 Å². The predicted molar refractivity (Wildman–Crippen MR) is 106 cm³/mol. The average Bonchev–Trinajstić information content (AvgIpc) is 3.14. The zero-order chi connectivity index (χ0) is 18.8. The van der Waals surface area contributed by atoms with Gasteiger partial charge in [0, 0.05) is 21.7 Å². The molecular weight excluding hydrogens is 362 g/mol. The van der Waals surface area contributed by atoms with E-state index in [1.165, 1.54) is 24.3 Å². The van der Waals surface area contributed by atoms with E-state index in [2.05, 4.69) is 4.98 Å². The van der Waals surface area contributed by atoms with Crippen LogP contribution < -0.4 is 0 Å². The molecule has 1 aromatic heterocycles. The van der Waals surface area contributed by atoms with Crippen molar-refractivity contribution in [3.05, 3.63) is 90.6 Å². The molecule has 0 amide bonds. The number of thioether (sulfide) groups is 1. The molecule has 134 valence electrons. The van der Waals surface area contributed by atoms with Gasteiger partial charge in [-0.15, -0.1) is 11.8 Å². The number of benzene rings is 3. The van der Waals surface area contributed by atoms with Crippen molar-refractivity contribution in [2.24, 2.45) is 0 Å². The van der Waals surface area contributed by atoms with Crippen molar-refractivity contribution in [1.82, 2.24) is 9.55 Å². The highest BCUT2D eigenvalue weighted by molar-refractivity contribution is 7.98. The molecule has 4 aromatic rings. The summed E-state index contributed by atoms with van der Waals surface area (Å²) in [6, 6.07) is 20.7. The van der Waals surface area contributed by atoms with Gasteiger partial charge in [0.25, 0.3) is 0 Å². The number of hydrogen-bond donors (Lipinski definition) is 0. The fourth-order valence-corrected chi connectivity index (χ4v) is 3.38. The van der Waals surface area contributed by atoms with Crippen molar-refractivity contribution in [2.45, 2.75) is 4.90 Å². The van der Waals surface area contributed by atoms with E-state index in [1.807, 2.05) is 35.1 Å². The Balaban J connectivity index is 1.91. The van der Waals surface area contributed by atoms with Crippen LogP contribution in [0.3, 0.4) is 0 Å². The third-order valence-corrected chi connectivity index (χ3v) is 5.08. The topological polar surface area (TPSA) is 17.8 Å². The van der Waals surface area contributed by atoms with Crippen LogP contribution in [0.4, 0.5) is 8.78 Å². The average molecular weight is 378 g/mol. The lowest BCUT2D eigenvalue weighted by Gasteiger charge is -2.13. The highest BCUT2D eigenvalue weighted by Crippen LogP contribution is 2.31. The van der Waals surface area contributed by atoms with Crippen molar-refractivity contribution in [3.8, 4) is 28.3 Å². The van der Waals surface area contributed by atoms with Crippen molar-refractivity contribution in [3.63, 3.8) is 0 Å². The van der Waals surface area contributed by atoms with E-state index < -0.39 is 0 Å². The van der Waals surface area contributed by atoms with Crippen LogP contribution >= 0.6 is 11.8 Å². The van der Waals surface area contributed by atoms with Gasteiger partial charge in [0.05, 0.1) is 11.9 Å². The Morgan fingerprint density at radius 3 is 1.85 bits per heavy atom. The standard InChI is InChI=1S/C22H16F2N2S/c1-27-20-12-10-19(11-13-20)26-21(15-2-6-17(23)7-3-15)14-25-22(26)16-4-8-18(24)9-5-16/h2-14H,1H3. The van der Waals surface area contributed by atoms with Crippen molar-refractivity contribution < 1.29 is 8.78 Å². The summed E-state index contributed by atoms with van der Waals surface area (Å²) >= 11 is 1.67. The van der Waals surface area contributed by atoms with Gasteiger partial charge in [-0.2, -0.15) is 0 Å². The number of imidazole rings is 1. The fourth-order valence-electron chi connectivity index (χ4n) is 2.97. The van der Waals surface area contributed by atoms with Crippen molar-refractivity contribution in [1.29, 1.82) is 0 Å². The SMILES string of the molecule is CSc1ccc(-n2c(-c3ccc(F)cc3)cnc2-c2ccc(F)cc2)cc1. The van der Waals surface area contributed by atoms with E-state index in [1.54, 1.807) is 42.2 Å². The smallest absolute Gasteiger partial charge is 0.144 e. The van der Waals surface area contributed by atoms with Gasteiger partial charge >= 0.3 is 0 Å². The molecule has 0 aliphatic heterocycles. The lowest BCUT2D eigenvalue weighted by atomic mass is 10.1. The molecule has 0 N–H and O–H groups in total. The highest BCUT2D eigenvalue weighted by atomic mass is 32.2. The summed E-state index contributed by atoms with van der Waals surface area (Å²) in [4.78, 5) is 5.73. The molecule has 0 aliphatic carbocycles. The summed E-state index contributed by atoms with van der Waals surface area (Å²) in [5.41, 5.74) is 3.43.